The van der Waals surface area contributed by atoms with Gasteiger partial charge in [0.1, 0.15) is 91.1 Å². The van der Waals surface area contributed by atoms with Gasteiger partial charge in [-0.2, -0.15) is 0 Å². The molecule has 3 aliphatic heterocycles. The Labute approximate surface area is 509 Å². The Bertz CT molecular complexity index is 2870. The van der Waals surface area contributed by atoms with Gasteiger partial charge in [-0.25, -0.2) is 0 Å². The maximum absolute atomic E-state index is 13.6. The number of rotatable bonds is 29. The molecule has 4 aromatic carbocycles. The Hall–Kier alpha value is -7.50. The van der Waals surface area contributed by atoms with E-state index in [1.54, 1.807) is 82.0 Å². The minimum Gasteiger partial charge on any atom is -0.497 e. The Balaban J connectivity index is 1.39. The fourth-order valence-electron chi connectivity index (χ4n) is 10.0. The van der Waals surface area contributed by atoms with Crippen LogP contribution < -0.4 is 24.3 Å². The van der Waals surface area contributed by atoms with Crippen molar-refractivity contribution in [2.75, 3.05) is 48.3 Å². The Morgan fingerprint density at radius 2 is 0.750 bits per heavy atom. The average Bonchev–Trinajstić information content (AvgIpc) is 1.38. The van der Waals surface area contributed by atoms with Gasteiger partial charge in [-0.15, -0.1) is 0 Å². The summed E-state index contributed by atoms with van der Waals surface area (Å²) >= 11 is 0. The Kier molecular flexibility index (Phi) is 25.6. The summed E-state index contributed by atoms with van der Waals surface area (Å²) in [4.78, 5) is 77.6. The average molecular weight is 1240 g/mol. The van der Waals surface area contributed by atoms with Gasteiger partial charge in [0.25, 0.3) is 0 Å². The molecule has 3 saturated heterocycles. The van der Waals surface area contributed by atoms with E-state index >= 15 is 0 Å². The van der Waals surface area contributed by atoms with Crippen LogP contribution in [-0.2, 0) is 122 Å². The maximum atomic E-state index is 13.6. The van der Waals surface area contributed by atoms with Gasteiger partial charge in [0.2, 0.25) is 5.91 Å². The number of methoxy groups -OCH3 is 4. The molecule has 88 heavy (non-hydrogen) atoms. The molecule has 0 radical (unpaired) electrons. The number of ether oxygens (including phenoxy) is 18. The van der Waals surface area contributed by atoms with Crippen molar-refractivity contribution in [2.45, 2.75) is 160 Å². The molecule has 3 heterocycles. The summed E-state index contributed by atoms with van der Waals surface area (Å²) in [5, 5.41) is 14.1. The van der Waals surface area contributed by atoms with Gasteiger partial charge < -0.3 is 95.7 Å². The molecule has 0 aliphatic carbocycles. The summed E-state index contributed by atoms with van der Waals surface area (Å²) in [6.45, 7) is 5.06. The molecule has 15 atom stereocenters. The van der Waals surface area contributed by atoms with Crippen LogP contribution in [0.3, 0.4) is 0 Å². The van der Waals surface area contributed by atoms with Crippen molar-refractivity contribution in [3.63, 3.8) is 0 Å². The van der Waals surface area contributed by atoms with Crippen molar-refractivity contribution < 1.29 is 119 Å². The lowest BCUT2D eigenvalue weighted by molar-refractivity contribution is -0.381. The lowest BCUT2D eigenvalue weighted by Crippen LogP contribution is -2.70. The third-order valence-corrected chi connectivity index (χ3v) is 14.1. The van der Waals surface area contributed by atoms with Crippen LogP contribution >= 0.6 is 0 Å². The van der Waals surface area contributed by atoms with Crippen LogP contribution in [0.5, 0.6) is 23.0 Å². The first kappa shape index (κ1) is 68.0. The van der Waals surface area contributed by atoms with Crippen LogP contribution in [0.2, 0.25) is 0 Å². The van der Waals surface area contributed by atoms with Crippen molar-refractivity contribution in [3.8, 4) is 23.0 Å². The number of esters is 5. The van der Waals surface area contributed by atoms with Crippen LogP contribution in [0.1, 0.15) is 63.8 Å². The molecule has 2 N–H and O–H groups in total. The standard InChI is InChI=1S/C62H77NO25/c1-34(64)63-51-55(53(81-37(4)67)49(84-60(51)70)32-76-35(2)65)87-62-59(83-39(6)69)57(54(82-38(5)68)50(86-62)33-77-36(3)66)88-61-58(80-30-43-17-25-47(74-10)26-18-43)56(79-29-42-15-23-46(73-9)24-16-42)52(78-28-41-13-21-45(72-8)22-14-41)48(85-61)31-75-27-40-11-19-44(71-7)20-12-40/h11-26,48-62,70H,27-33H2,1-10H3,(H,63,64)/t48-,49-,50-,51-,52+,53-,54+,55-,56+,57+,58-,59-,60-,61-,62+/m1/s1. The minimum absolute atomic E-state index is 0.00242. The molecule has 7 rings (SSSR count). The number of aliphatic hydroxyl groups excluding tert-OH is 1. The second kappa shape index (κ2) is 33.2. The molecule has 0 saturated carbocycles. The number of nitrogens with one attached hydrogen (secondary N) is 1. The van der Waals surface area contributed by atoms with E-state index in [2.05, 4.69) is 5.32 Å². The Morgan fingerprint density at radius 3 is 1.16 bits per heavy atom. The second-order valence-corrected chi connectivity index (χ2v) is 20.6. The molecular formula is C62H77NO25. The highest BCUT2D eigenvalue weighted by Crippen LogP contribution is 2.39. The molecule has 0 aromatic heterocycles. The highest BCUT2D eigenvalue weighted by atomic mass is 16.8. The van der Waals surface area contributed by atoms with Gasteiger partial charge in [0.15, 0.2) is 37.2 Å². The molecule has 26 nitrogen and oxygen atoms in total. The van der Waals surface area contributed by atoms with Gasteiger partial charge in [-0.1, -0.05) is 48.5 Å². The van der Waals surface area contributed by atoms with E-state index < -0.39 is 141 Å². The van der Waals surface area contributed by atoms with Gasteiger partial charge in [0.05, 0.1) is 61.5 Å². The smallest absolute Gasteiger partial charge is 0.303 e. The fraction of sp³-hybridized carbons (Fsp3) is 0.516. The third-order valence-electron chi connectivity index (χ3n) is 14.1. The molecule has 3 aliphatic rings. The highest BCUT2D eigenvalue weighted by Gasteiger charge is 2.59. The molecule has 0 bridgehead atoms. The van der Waals surface area contributed by atoms with E-state index in [9.17, 15) is 33.9 Å². The molecule has 1 amide bonds. The van der Waals surface area contributed by atoms with Crippen molar-refractivity contribution >= 4 is 35.8 Å². The topological polar surface area (TPSA) is 301 Å². The van der Waals surface area contributed by atoms with E-state index in [1.165, 1.54) is 7.11 Å². The van der Waals surface area contributed by atoms with Crippen LogP contribution in [0, 0.1) is 0 Å². The number of hydrogen-bond donors (Lipinski definition) is 2. The normalized spacial score (nSPS) is 26.7. The lowest BCUT2D eigenvalue weighted by atomic mass is 9.94. The predicted octanol–water partition coefficient (Wildman–Crippen LogP) is 4.36. The number of amides is 1. The van der Waals surface area contributed by atoms with E-state index in [4.69, 9.17) is 85.3 Å². The zero-order valence-corrected chi connectivity index (χ0v) is 50.6. The maximum Gasteiger partial charge on any atom is 0.303 e. The summed E-state index contributed by atoms with van der Waals surface area (Å²) in [6, 6.07) is 27.1. The SMILES string of the molecule is COc1ccc(COC[C@H]2O[C@H](O[C@H]3[C@@H](OC(C)=O)[C@@H](COC(C)=O)O[C@@H](O[C@@H]4[C@@H](NC(C)=O)[C@H](O)O[C@H](COC(C)=O)[C@H]4OC(C)=O)[C@@H]3OC(C)=O)[C@H](OCc3ccc(OC)cc3)[C@@H](OCc3ccc(OC)cc3)[C@H]2OCc2ccc(OC)cc2)cc1. The predicted molar refractivity (Wildman–Crippen MR) is 303 cm³/mol. The van der Waals surface area contributed by atoms with Gasteiger partial charge in [-0.3, -0.25) is 28.8 Å². The first-order valence-electron chi connectivity index (χ1n) is 28.2. The monoisotopic (exact) mass is 1240 g/mol. The van der Waals surface area contributed by atoms with Gasteiger partial charge in [-0.05, 0) is 70.8 Å². The number of carbonyl (C=O) groups is 6. The molecule has 0 unspecified atom stereocenters. The molecule has 480 valence electrons. The fourth-order valence-corrected chi connectivity index (χ4v) is 10.0. The van der Waals surface area contributed by atoms with E-state index in [-0.39, 0.29) is 33.0 Å². The van der Waals surface area contributed by atoms with Crippen molar-refractivity contribution in [3.05, 3.63) is 119 Å². The van der Waals surface area contributed by atoms with Gasteiger partial charge >= 0.3 is 29.8 Å². The minimum atomic E-state index is -1.95. The van der Waals surface area contributed by atoms with Crippen LogP contribution in [0.15, 0.2) is 97.1 Å². The summed E-state index contributed by atoms with van der Waals surface area (Å²) in [5.74, 6) is -2.61. The number of hydrogen-bond acceptors (Lipinski definition) is 25. The summed E-state index contributed by atoms with van der Waals surface area (Å²) in [5.41, 5.74) is 2.89. The number of carbonyl (C=O) groups excluding carboxylic acids is 6. The van der Waals surface area contributed by atoms with Crippen molar-refractivity contribution in [1.29, 1.82) is 0 Å². The summed E-state index contributed by atoms with van der Waals surface area (Å²) < 4.78 is 111. The summed E-state index contributed by atoms with van der Waals surface area (Å²) in [7, 11) is 6.19. The molecule has 3 fully saturated rings. The molecule has 0 spiro atoms. The zero-order chi connectivity index (χ0) is 63.4. The Morgan fingerprint density at radius 1 is 0.398 bits per heavy atom. The first-order chi connectivity index (χ1) is 42.2. The van der Waals surface area contributed by atoms with Crippen molar-refractivity contribution in [1.82, 2.24) is 5.32 Å². The van der Waals surface area contributed by atoms with E-state index in [1.807, 2.05) is 36.4 Å². The number of benzene rings is 4. The van der Waals surface area contributed by atoms with Gasteiger partial charge in [0, 0.05) is 41.5 Å². The molecular weight excluding hydrogens is 1160 g/mol. The lowest BCUT2D eigenvalue weighted by Gasteiger charge is -2.51. The molecule has 26 heteroatoms. The van der Waals surface area contributed by atoms with Crippen LogP contribution in [0.4, 0.5) is 0 Å². The third kappa shape index (κ3) is 19.5. The highest BCUT2D eigenvalue weighted by molar-refractivity contribution is 5.73. The molecule has 4 aromatic rings. The number of aliphatic hydroxyl groups is 1. The zero-order valence-electron chi connectivity index (χ0n) is 50.6. The first-order valence-corrected chi connectivity index (χ1v) is 28.2. The largest absolute Gasteiger partial charge is 0.497 e. The second-order valence-electron chi connectivity index (χ2n) is 20.6. The van der Waals surface area contributed by atoms with Crippen LogP contribution in [0.25, 0.3) is 0 Å². The van der Waals surface area contributed by atoms with Crippen molar-refractivity contribution in [2.24, 2.45) is 0 Å². The van der Waals surface area contributed by atoms with E-state index in [0.29, 0.717) is 34.1 Å². The van der Waals surface area contributed by atoms with E-state index in [0.717, 1.165) is 52.7 Å². The quantitative estimate of drug-likeness (QED) is 0.0564. The summed E-state index contributed by atoms with van der Waals surface area (Å²) in [6.07, 6.45) is -21.9. The van der Waals surface area contributed by atoms with Crippen LogP contribution in [-0.4, -0.2) is 181 Å².